The summed E-state index contributed by atoms with van der Waals surface area (Å²) in [6.07, 6.45) is -0.557. The topological polar surface area (TPSA) is 93.7 Å². The number of halogens is 3. The number of nitrogens with zero attached hydrogens (tertiary/aromatic N) is 5. The average molecular weight is 500 g/mol. The number of fused-ring (bicyclic) bond motifs is 1. The fourth-order valence-electron chi connectivity index (χ4n) is 5.68. The highest BCUT2D eigenvalue weighted by Crippen LogP contribution is 2.78. The van der Waals surface area contributed by atoms with Crippen molar-refractivity contribution in [3.63, 3.8) is 0 Å². The summed E-state index contributed by atoms with van der Waals surface area (Å²) in [5.74, 6) is 0.409. The van der Waals surface area contributed by atoms with Gasteiger partial charge in [-0.2, -0.15) is 18.4 Å². The summed E-state index contributed by atoms with van der Waals surface area (Å²) in [7, 11) is 1.68. The van der Waals surface area contributed by atoms with Crippen LogP contribution in [0.15, 0.2) is 23.1 Å². The molecule has 3 aliphatic carbocycles. The zero-order chi connectivity index (χ0) is 24.8. The summed E-state index contributed by atoms with van der Waals surface area (Å²) >= 11 is 1.10. The fourth-order valence-corrected chi connectivity index (χ4v) is 6.54. The number of nitriles is 1. The van der Waals surface area contributed by atoms with Gasteiger partial charge in [-0.1, -0.05) is 11.3 Å². The van der Waals surface area contributed by atoms with Crippen LogP contribution in [0.3, 0.4) is 0 Å². The molecule has 180 valence electrons. The summed E-state index contributed by atoms with van der Waals surface area (Å²) in [5.41, 5.74) is 0.271. The summed E-state index contributed by atoms with van der Waals surface area (Å²) in [4.78, 5) is 26.6. The molecule has 3 fully saturated rings. The van der Waals surface area contributed by atoms with Crippen LogP contribution < -0.4 is 4.87 Å². The average Bonchev–Trinajstić information content (AvgIpc) is 3.08. The van der Waals surface area contributed by atoms with Gasteiger partial charge in [-0.05, 0) is 50.3 Å². The van der Waals surface area contributed by atoms with E-state index in [1.54, 1.807) is 26.2 Å². The molecule has 2 bridgehead atoms. The Bertz CT molecular complexity index is 1510. The standard InChI is InChI=1S/C24H20F3N5O2S/c1-12-14(7-28)5-15-18(22-9-23(10-22,11-22)24(25,26)27)30-19(31-20(15)29-12)13-3-4-34-16(6-13)17-8-32(2)21(33)35-17/h5-6,8,16H,3-4,9-11H2,1-2H3. The van der Waals surface area contributed by atoms with Gasteiger partial charge >= 0.3 is 11.0 Å². The van der Waals surface area contributed by atoms with Crippen LogP contribution in [0, 0.1) is 23.7 Å². The molecule has 4 aliphatic rings. The van der Waals surface area contributed by atoms with Crippen LogP contribution in [-0.4, -0.2) is 32.3 Å². The quantitative estimate of drug-likeness (QED) is 0.527. The van der Waals surface area contributed by atoms with Crippen molar-refractivity contribution in [1.82, 2.24) is 19.5 Å². The minimum Gasteiger partial charge on any atom is -0.368 e. The van der Waals surface area contributed by atoms with Crippen molar-refractivity contribution < 1.29 is 17.9 Å². The van der Waals surface area contributed by atoms with Gasteiger partial charge in [0.15, 0.2) is 11.5 Å². The number of ether oxygens (including phenoxy) is 1. The number of alkyl halides is 3. The number of aryl methyl sites for hydroxylation is 2. The summed E-state index contributed by atoms with van der Waals surface area (Å²) in [6.45, 7) is 2.10. The Morgan fingerprint density at radius 3 is 2.63 bits per heavy atom. The second-order valence-electron chi connectivity index (χ2n) is 9.83. The zero-order valence-corrected chi connectivity index (χ0v) is 19.8. The SMILES string of the molecule is Cc1nc2nc(C3=CC(c4cn(C)c(=O)s4)OCC3)nc(C34CC(C(F)(F)F)(C3)C4)c2cc1C#N. The first-order valence-corrected chi connectivity index (χ1v) is 12.0. The first-order chi connectivity index (χ1) is 16.5. The first-order valence-electron chi connectivity index (χ1n) is 11.2. The van der Waals surface area contributed by atoms with Gasteiger partial charge in [0.1, 0.15) is 12.2 Å². The molecule has 0 amide bonds. The predicted octanol–water partition coefficient (Wildman–Crippen LogP) is 4.49. The molecule has 1 atom stereocenters. The molecule has 0 saturated heterocycles. The highest BCUT2D eigenvalue weighted by atomic mass is 32.1. The van der Waals surface area contributed by atoms with Gasteiger partial charge in [0, 0.05) is 24.0 Å². The van der Waals surface area contributed by atoms with Crippen molar-refractivity contribution in [2.75, 3.05) is 6.61 Å². The summed E-state index contributed by atoms with van der Waals surface area (Å²) in [6, 6.07) is 3.76. The van der Waals surface area contributed by atoms with Crippen LogP contribution in [0.4, 0.5) is 13.2 Å². The third kappa shape index (κ3) is 3.19. The molecule has 7 nitrogen and oxygen atoms in total. The largest absolute Gasteiger partial charge is 0.394 e. The molecule has 7 rings (SSSR count). The smallest absolute Gasteiger partial charge is 0.368 e. The number of aromatic nitrogens is 4. The van der Waals surface area contributed by atoms with E-state index in [9.17, 15) is 23.2 Å². The zero-order valence-electron chi connectivity index (χ0n) is 18.9. The highest BCUT2D eigenvalue weighted by molar-refractivity contribution is 7.09. The number of pyridine rings is 1. The fraction of sp³-hybridized carbons (Fsp3) is 0.458. The van der Waals surface area contributed by atoms with Crippen molar-refractivity contribution in [3.05, 3.63) is 55.7 Å². The molecule has 0 aromatic carbocycles. The molecule has 3 aromatic rings. The maximum atomic E-state index is 13.6. The normalized spacial score (nSPS) is 27.7. The van der Waals surface area contributed by atoms with Crippen molar-refractivity contribution in [1.29, 1.82) is 5.26 Å². The molecular weight excluding hydrogens is 479 g/mol. The van der Waals surface area contributed by atoms with E-state index in [2.05, 4.69) is 16.0 Å². The number of rotatable bonds is 3. The van der Waals surface area contributed by atoms with Gasteiger partial charge < -0.3 is 9.30 Å². The van der Waals surface area contributed by atoms with Crippen LogP contribution >= 0.6 is 11.3 Å². The van der Waals surface area contributed by atoms with Crippen molar-refractivity contribution in [2.24, 2.45) is 12.5 Å². The van der Waals surface area contributed by atoms with E-state index in [1.165, 1.54) is 4.57 Å². The van der Waals surface area contributed by atoms with Crippen molar-refractivity contribution in [3.8, 4) is 6.07 Å². The van der Waals surface area contributed by atoms with Gasteiger partial charge in [0.25, 0.3) is 0 Å². The van der Waals surface area contributed by atoms with Crippen LogP contribution in [0.5, 0.6) is 0 Å². The molecular formula is C24H20F3N5O2S. The third-order valence-electron chi connectivity index (χ3n) is 7.54. The second-order valence-corrected chi connectivity index (χ2v) is 10.9. The molecule has 3 aromatic heterocycles. The molecule has 1 aliphatic heterocycles. The first kappa shape index (κ1) is 22.4. The Kier molecular flexibility index (Phi) is 4.61. The minimum atomic E-state index is -4.24. The van der Waals surface area contributed by atoms with Gasteiger partial charge in [0.2, 0.25) is 0 Å². The summed E-state index contributed by atoms with van der Waals surface area (Å²) < 4.78 is 48.0. The van der Waals surface area contributed by atoms with Crippen LogP contribution in [-0.2, 0) is 17.2 Å². The van der Waals surface area contributed by atoms with Crippen LogP contribution in [0.25, 0.3) is 16.6 Å². The van der Waals surface area contributed by atoms with E-state index >= 15 is 0 Å². The van der Waals surface area contributed by atoms with Crippen molar-refractivity contribution >= 4 is 27.9 Å². The van der Waals surface area contributed by atoms with E-state index in [0.29, 0.717) is 46.8 Å². The van der Waals surface area contributed by atoms with Gasteiger partial charge in [-0.25, -0.2) is 15.0 Å². The van der Waals surface area contributed by atoms with E-state index < -0.39 is 23.1 Å². The highest BCUT2D eigenvalue weighted by Gasteiger charge is 2.79. The lowest BCUT2D eigenvalue weighted by molar-refractivity contribution is -0.337. The summed E-state index contributed by atoms with van der Waals surface area (Å²) in [5, 5.41) is 10.0. The maximum absolute atomic E-state index is 13.6. The molecule has 11 heteroatoms. The van der Waals surface area contributed by atoms with Crippen LogP contribution in [0.2, 0.25) is 0 Å². The van der Waals surface area contributed by atoms with E-state index in [0.717, 1.165) is 21.8 Å². The van der Waals surface area contributed by atoms with Gasteiger partial charge in [-0.15, -0.1) is 0 Å². The third-order valence-corrected chi connectivity index (χ3v) is 8.57. The van der Waals surface area contributed by atoms with Gasteiger partial charge in [0.05, 0.1) is 33.9 Å². The van der Waals surface area contributed by atoms with E-state index in [-0.39, 0.29) is 24.1 Å². The predicted molar refractivity (Wildman–Crippen MR) is 122 cm³/mol. The molecule has 35 heavy (non-hydrogen) atoms. The number of hydrogen-bond donors (Lipinski definition) is 0. The second kappa shape index (κ2) is 7.21. The lowest BCUT2D eigenvalue weighted by Gasteiger charge is -2.70. The van der Waals surface area contributed by atoms with Gasteiger partial charge in [-0.3, -0.25) is 4.79 Å². The van der Waals surface area contributed by atoms with E-state index in [1.807, 2.05) is 6.08 Å². The molecule has 0 radical (unpaired) electrons. The maximum Gasteiger partial charge on any atom is 0.394 e. The monoisotopic (exact) mass is 499 g/mol. The molecule has 1 unspecified atom stereocenters. The molecule has 0 spiro atoms. The Morgan fingerprint density at radius 1 is 1.26 bits per heavy atom. The Labute approximate surface area is 201 Å². The Hall–Kier alpha value is -3.10. The lowest BCUT2D eigenvalue weighted by atomic mass is 9.33. The molecule has 3 saturated carbocycles. The molecule has 0 N–H and O–H groups in total. The molecule has 4 heterocycles. The van der Waals surface area contributed by atoms with Crippen LogP contribution in [0.1, 0.15) is 59.4 Å². The number of thiazole rings is 1. The van der Waals surface area contributed by atoms with E-state index in [4.69, 9.17) is 9.72 Å². The lowest BCUT2D eigenvalue weighted by Crippen LogP contribution is -2.70. The van der Waals surface area contributed by atoms with Crippen molar-refractivity contribution in [2.45, 2.75) is 50.3 Å². The minimum absolute atomic E-state index is 0.00638. The Balaban J connectivity index is 1.47. The number of hydrogen-bond acceptors (Lipinski definition) is 7. The Morgan fingerprint density at radius 2 is 2.00 bits per heavy atom.